The monoisotopic (exact) mass is 452 g/mol. The Kier molecular flexibility index (Phi) is 7.51. The van der Waals surface area contributed by atoms with E-state index in [4.69, 9.17) is 13.9 Å². The van der Waals surface area contributed by atoms with E-state index in [0.29, 0.717) is 34.0 Å². The molecule has 0 aliphatic carbocycles. The second kappa shape index (κ2) is 9.64. The minimum absolute atomic E-state index is 0.102. The van der Waals surface area contributed by atoms with Crippen LogP contribution >= 0.6 is 15.9 Å². The highest BCUT2D eigenvalue weighted by Gasteiger charge is 2.28. The Morgan fingerprint density at radius 1 is 1.14 bits per heavy atom. The molecule has 0 spiro atoms. The van der Waals surface area contributed by atoms with Crippen LogP contribution in [0.15, 0.2) is 39.4 Å². The highest BCUT2D eigenvalue weighted by Crippen LogP contribution is 2.23. The van der Waals surface area contributed by atoms with Gasteiger partial charge in [0.2, 0.25) is 5.91 Å². The number of rotatable bonds is 8. The van der Waals surface area contributed by atoms with Crippen LogP contribution in [0.5, 0.6) is 11.5 Å². The molecule has 1 aromatic heterocycles. The molecule has 152 valence electrons. The summed E-state index contributed by atoms with van der Waals surface area (Å²) >= 11 is 3.25. The van der Waals surface area contributed by atoms with Crippen molar-refractivity contribution >= 4 is 27.7 Å². The summed E-state index contributed by atoms with van der Waals surface area (Å²) < 4.78 is 16.5. The summed E-state index contributed by atoms with van der Waals surface area (Å²) in [6.07, 6.45) is 0. The maximum atomic E-state index is 12.9. The molecule has 0 aliphatic rings. The molecule has 1 atom stereocenters. The van der Waals surface area contributed by atoms with E-state index >= 15 is 0 Å². The van der Waals surface area contributed by atoms with Crippen LogP contribution in [0, 0.1) is 5.92 Å². The number of amides is 2. The number of nitrogens with zero attached hydrogens (tertiary/aromatic N) is 1. The molecule has 0 radical (unpaired) electrons. The Bertz CT molecular complexity index is 812. The number of hydrogen-bond donors (Lipinski definition) is 1. The topological polar surface area (TPSA) is 81.0 Å². The number of halogens is 1. The molecule has 7 nitrogen and oxygen atoms in total. The average Bonchev–Trinajstić information content (AvgIpc) is 3.08. The van der Waals surface area contributed by atoms with Gasteiger partial charge in [-0.05, 0) is 46.1 Å². The van der Waals surface area contributed by atoms with Crippen LogP contribution in [-0.4, -0.2) is 44.0 Å². The number of likely N-dealkylation sites (N-methyl/N-ethyl adjacent to an activating group) is 1. The predicted molar refractivity (Wildman–Crippen MR) is 109 cm³/mol. The van der Waals surface area contributed by atoms with Crippen LogP contribution in [0.2, 0.25) is 0 Å². The molecule has 1 unspecified atom stereocenters. The minimum Gasteiger partial charge on any atom is -0.497 e. The first kappa shape index (κ1) is 21.8. The molecule has 28 heavy (non-hydrogen) atoms. The highest BCUT2D eigenvalue weighted by molar-refractivity contribution is 9.10. The summed E-state index contributed by atoms with van der Waals surface area (Å²) in [6, 6.07) is 7.75. The molecule has 0 bridgehead atoms. The third kappa shape index (κ3) is 5.51. The molecule has 2 aromatic rings. The average molecular weight is 453 g/mol. The van der Waals surface area contributed by atoms with E-state index in [9.17, 15) is 9.59 Å². The molecule has 1 N–H and O–H groups in total. The van der Waals surface area contributed by atoms with Crippen LogP contribution in [0.25, 0.3) is 0 Å². The summed E-state index contributed by atoms with van der Waals surface area (Å²) in [5, 5.41) is 2.83. The van der Waals surface area contributed by atoms with Crippen LogP contribution in [0.1, 0.15) is 30.0 Å². The Hall–Kier alpha value is -2.48. The number of nitrogens with one attached hydrogen (secondary N) is 1. The van der Waals surface area contributed by atoms with Crippen LogP contribution in [0.3, 0.4) is 0 Å². The van der Waals surface area contributed by atoms with Crippen molar-refractivity contribution in [1.29, 1.82) is 0 Å². The highest BCUT2D eigenvalue weighted by atomic mass is 79.9. The lowest BCUT2D eigenvalue weighted by Gasteiger charge is -2.26. The van der Waals surface area contributed by atoms with Crippen molar-refractivity contribution in [2.24, 2.45) is 5.92 Å². The first-order valence-corrected chi connectivity index (χ1v) is 9.57. The van der Waals surface area contributed by atoms with Gasteiger partial charge in [0.25, 0.3) is 5.91 Å². The van der Waals surface area contributed by atoms with Gasteiger partial charge in [0.1, 0.15) is 23.3 Å². The smallest absolute Gasteiger partial charge is 0.252 e. The number of ether oxygens (including phenoxy) is 2. The van der Waals surface area contributed by atoms with E-state index in [1.165, 1.54) is 19.1 Å². The largest absolute Gasteiger partial charge is 0.497 e. The van der Waals surface area contributed by atoms with Gasteiger partial charge < -0.3 is 24.1 Å². The van der Waals surface area contributed by atoms with Crippen molar-refractivity contribution in [1.82, 2.24) is 10.2 Å². The van der Waals surface area contributed by atoms with E-state index in [2.05, 4.69) is 21.2 Å². The number of furan rings is 1. The van der Waals surface area contributed by atoms with Crippen molar-refractivity contribution < 1.29 is 23.5 Å². The zero-order valence-corrected chi connectivity index (χ0v) is 18.2. The zero-order chi connectivity index (χ0) is 20.8. The zero-order valence-electron chi connectivity index (χ0n) is 16.6. The summed E-state index contributed by atoms with van der Waals surface area (Å²) in [4.78, 5) is 27.2. The van der Waals surface area contributed by atoms with Crippen molar-refractivity contribution in [2.75, 3.05) is 21.3 Å². The standard InChI is InChI=1S/C20H25BrN2O5/c1-12(2)18(20(25)23(3)11-14-6-7-17(21)28-14)22-19(24)13-8-15(26-4)10-16(9-13)27-5/h6-10,12,18H,11H2,1-5H3,(H,22,24). The summed E-state index contributed by atoms with van der Waals surface area (Å²) in [5.41, 5.74) is 0.354. The molecule has 1 aromatic carbocycles. The first-order chi connectivity index (χ1) is 13.2. The third-order valence-corrected chi connectivity index (χ3v) is 4.66. The van der Waals surface area contributed by atoms with Crippen molar-refractivity contribution in [3.05, 3.63) is 46.3 Å². The van der Waals surface area contributed by atoms with E-state index in [1.807, 2.05) is 13.8 Å². The Morgan fingerprint density at radius 3 is 2.21 bits per heavy atom. The lowest BCUT2D eigenvalue weighted by molar-refractivity contribution is -0.133. The Balaban J connectivity index is 2.15. The number of carbonyl (C=O) groups is 2. The van der Waals surface area contributed by atoms with Crippen LogP contribution in [-0.2, 0) is 11.3 Å². The predicted octanol–water partition coefficient (Wildman–Crippen LogP) is 3.47. The van der Waals surface area contributed by atoms with Crippen LogP contribution in [0.4, 0.5) is 0 Å². The number of benzene rings is 1. The molecule has 8 heteroatoms. The van der Waals surface area contributed by atoms with Crippen LogP contribution < -0.4 is 14.8 Å². The molecular weight excluding hydrogens is 428 g/mol. The first-order valence-electron chi connectivity index (χ1n) is 8.78. The second-order valence-corrected chi connectivity index (χ2v) is 7.48. The normalized spacial score (nSPS) is 11.8. The fourth-order valence-corrected chi connectivity index (χ4v) is 3.00. The molecular formula is C20H25BrN2O5. The fraction of sp³-hybridized carbons (Fsp3) is 0.400. The van der Waals surface area contributed by atoms with Gasteiger partial charge in [-0.25, -0.2) is 0 Å². The van der Waals surface area contributed by atoms with E-state index < -0.39 is 6.04 Å². The SMILES string of the molecule is COc1cc(OC)cc(C(=O)NC(C(=O)N(C)Cc2ccc(Br)o2)C(C)C)c1. The fourth-order valence-electron chi connectivity index (χ4n) is 2.66. The lowest BCUT2D eigenvalue weighted by atomic mass is 10.0. The summed E-state index contributed by atoms with van der Waals surface area (Å²) in [6.45, 7) is 4.06. The van der Waals surface area contributed by atoms with E-state index in [0.717, 1.165) is 0 Å². The van der Waals surface area contributed by atoms with E-state index in [-0.39, 0.29) is 17.7 Å². The molecule has 0 saturated heterocycles. The molecule has 0 fully saturated rings. The maximum absolute atomic E-state index is 12.9. The van der Waals surface area contributed by atoms with E-state index in [1.54, 1.807) is 37.4 Å². The van der Waals surface area contributed by atoms with Crippen molar-refractivity contribution in [3.8, 4) is 11.5 Å². The van der Waals surface area contributed by atoms with Crippen molar-refractivity contribution in [3.63, 3.8) is 0 Å². The quantitative estimate of drug-likeness (QED) is 0.662. The maximum Gasteiger partial charge on any atom is 0.252 e. The molecule has 2 amide bonds. The Morgan fingerprint density at radius 2 is 1.75 bits per heavy atom. The second-order valence-electron chi connectivity index (χ2n) is 6.70. The van der Waals surface area contributed by atoms with Gasteiger partial charge in [0.05, 0.1) is 20.8 Å². The van der Waals surface area contributed by atoms with Gasteiger partial charge in [0, 0.05) is 18.7 Å². The van der Waals surface area contributed by atoms with Gasteiger partial charge >= 0.3 is 0 Å². The number of methoxy groups -OCH3 is 2. The van der Waals surface area contributed by atoms with Gasteiger partial charge in [-0.1, -0.05) is 13.8 Å². The summed E-state index contributed by atoms with van der Waals surface area (Å²) in [5.74, 6) is 0.961. The number of hydrogen-bond acceptors (Lipinski definition) is 5. The molecule has 1 heterocycles. The lowest BCUT2D eigenvalue weighted by Crippen LogP contribution is -2.50. The third-order valence-electron chi connectivity index (χ3n) is 4.23. The van der Waals surface area contributed by atoms with Gasteiger partial charge in [-0.2, -0.15) is 0 Å². The molecule has 0 saturated carbocycles. The number of carbonyl (C=O) groups excluding carboxylic acids is 2. The Labute approximate surface area is 173 Å². The van der Waals surface area contributed by atoms with Crippen molar-refractivity contribution in [2.45, 2.75) is 26.4 Å². The molecule has 0 aliphatic heterocycles. The van der Waals surface area contributed by atoms with Gasteiger partial charge in [0.15, 0.2) is 4.67 Å². The minimum atomic E-state index is -0.687. The van der Waals surface area contributed by atoms with Gasteiger partial charge in [-0.15, -0.1) is 0 Å². The van der Waals surface area contributed by atoms with Gasteiger partial charge in [-0.3, -0.25) is 9.59 Å². The summed E-state index contributed by atoms with van der Waals surface area (Å²) in [7, 11) is 4.70. The molecule has 2 rings (SSSR count).